The Kier molecular flexibility index (Phi) is 5.46. The first kappa shape index (κ1) is 19.3. The molecule has 0 aliphatic carbocycles. The predicted molar refractivity (Wildman–Crippen MR) is 105 cm³/mol. The molecule has 0 radical (unpaired) electrons. The number of carbonyl (C=O) groups is 2. The van der Waals surface area contributed by atoms with Crippen LogP contribution >= 0.6 is 0 Å². The number of likely N-dealkylation sites (tertiary alicyclic amines) is 1. The maximum atomic E-state index is 13.4. The number of benzene rings is 1. The summed E-state index contributed by atoms with van der Waals surface area (Å²) in [6.45, 7) is 10.0. The highest BCUT2D eigenvalue weighted by Gasteiger charge is 2.40. The van der Waals surface area contributed by atoms with Crippen molar-refractivity contribution < 1.29 is 14.7 Å². The van der Waals surface area contributed by atoms with Gasteiger partial charge in [-0.2, -0.15) is 0 Å². The lowest BCUT2D eigenvalue weighted by molar-refractivity contribution is -0.134. The fourth-order valence-electron chi connectivity index (χ4n) is 4.12. The molecular formula is C21H27N3O3. The summed E-state index contributed by atoms with van der Waals surface area (Å²) in [6, 6.07) is 6.54. The van der Waals surface area contributed by atoms with Crippen LogP contribution in [0.1, 0.15) is 40.5 Å². The van der Waals surface area contributed by atoms with E-state index in [-0.39, 0.29) is 5.91 Å². The van der Waals surface area contributed by atoms with Crippen LogP contribution in [0.2, 0.25) is 0 Å². The zero-order valence-electron chi connectivity index (χ0n) is 16.4. The SMILES string of the molecule is CC(=O)O.Cc1ccc2nc(C)c(C)c(C(=O)N3CC[C@H]4CNC[C@H]43)c2c1. The molecule has 4 rings (SSSR count). The van der Waals surface area contributed by atoms with E-state index >= 15 is 0 Å². The summed E-state index contributed by atoms with van der Waals surface area (Å²) >= 11 is 0. The second-order valence-corrected chi connectivity index (χ2v) is 7.51. The number of nitrogens with zero attached hydrogens (tertiary/aromatic N) is 2. The van der Waals surface area contributed by atoms with Gasteiger partial charge in [0.1, 0.15) is 0 Å². The summed E-state index contributed by atoms with van der Waals surface area (Å²) in [6.07, 6.45) is 1.11. The summed E-state index contributed by atoms with van der Waals surface area (Å²) in [7, 11) is 0. The molecule has 2 saturated heterocycles. The van der Waals surface area contributed by atoms with E-state index in [0.29, 0.717) is 12.0 Å². The van der Waals surface area contributed by atoms with Crippen LogP contribution in [0, 0.1) is 26.7 Å². The molecule has 1 aromatic carbocycles. The van der Waals surface area contributed by atoms with Gasteiger partial charge in [-0.25, -0.2) is 0 Å². The third-order valence-corrected chi connectivity index (χ3v) is 5.55. The van der Waals surface area contributed by atoms with Crippen LogP contribution in [0.25, 0.3) is 10.9 Å². The number of carboxylic acids is 1. The third-order valence-electron chi connectivity index (χ3n) is 5.55. The van der Waals surface area contributed by atoms with Crippen LogP contribution in [-0.2, 0) is 4.79 Å². The summed E-state index contributed by atoms with van der Waals surface area (Å²) in [5.74, 6) is -0.0324. The third kappa shape index (κ3) is 3.81. The number of hydrogen-bond donors (Lipinski definition) is 2. The molecule has 1 aromatic heterocycles. The van der Waals surface area contributed by atoms with Crippen molar-refractivity contribution >= 4 is 22.8 Å². The Bertz CT molecular complexity index is 890. The number of aromatic nitrogens is 1. The Morgan fingerprint density at radius 3 is 2.63 bits per heavy atom. The molecule has 0 spiro atoms. The average molecular weight is 369 g/mol. The van der Waals surface area contributed by atoms with Gasteiger partial charge in [0.25, 0.3) is 11.9 Å². The first-order valence-corrected chi connectivity index (χ1v) is 9.38. The number of nitrogens with one attached hydrogen (secondary N) is 1. The van der Waals surface area contributed by atoms with Crippen molar-refractivity contribution in [1.82, 2.24) is 15.2 Å². The van der Waals surface area contributed by atoms with Crippen LogP contribution in [0.4, 0.5) is 0 Å². The van der Waals surface area contributed by atoms with E-state index < -0.39 is 5.97 Å². The molecule has 2 fully saturated rings. The molecule has 6 nitrogen and oxygen atoms in total. The number of carbonyl (C=O) groups excluding carboxylic acids is 1. The minimum atomic E-state index is -0.833. The van der Waals surface area contributed by atoms with Gasteiger partial charge in [0.05, 0.1) is 11.1 Å². The molecule has 0 unspecified atom stereocenters. The van der Waals surface area contributed by atoms with Crippen LogP contribution in [0.15, 0.2) is 18.2 Å². The first-order valence-electron chi connectivity index (χ1n) is 9.38. The van der Waals surface area contributed by atoms with E-state index in [9.17, 15) is 4.79 Å². The van der Waals surface area contributed by atoms with Crippen molar-refractivity contribution in [3.63, 3.8) is 0 Å². The minimum absolute atomic E-state index is 0.180. The minimum Gasteiger partial charge on any atom is -0.481 e. The molecule has 144 valence electrons. The highest BCUT2D eigenvalue weighted by molar-refractivity contribution is 6.08. The quantitative estimate of drug-likeness (QED) is 0.808. The molecule has 27 heavy (non-hydrogen) atoms. The standard InChI is InChI=1S/C19H23N3O.C2H4O2/c1-11-4-5-16-15(8-11)18(12(2)13(3)21-16)19(23)22-7-6-14-9-20-10-17(14)22;1-2(3)4/h4-5,8,14,17,20H,6-7,9-10H2,1-3H3;1H3,(H,3,4)/t14-,17+;/m0./s1. The Morgan fingerprint density at radius 1 is 1.22 bits per heavy atom. The van der Waals surface area contributed by atoms with Crippen molar-refractivity contribution in [2.24, 2.45) is 5.92 Å². The Labute approximate surface area is 159 Å². The number of carboxylic acid groups (broad SMARTS) is 1. The fourth-order valence-corrected chi connectivity index (χ4v) is 4.12. The van der Waals surface area contributed by atoms with Crippen molar-refractivity contribution in [3.8, 4) is 0 Å². The topological polar surface area (TPSA) is 82.5 Å². The first-order chi connectivity index (χ1) is 12.8. The van der Waals surface area contributed by atoms with E-state index in [1.54, 1.807) is 0 Å². The number of amides is 1. The van der Waals surface area contributed by atoms with Gasteiger partial charge in [-0.05, 0) is 50.8 Å². The van der Waals surface area contributed by atoms with Gasteiger partial charge in [-0.1, -0.05) is 11.6 Å². The Hall–Kier alpha value is -2.47. The van der Waals surface area contributed by atoms with Gasteiger partial charge in [0.15, 0.2) is 0 Å². The van der Waals surface area contributed by atoms with Gasteiger partial charge >= 0.3 is 0 Å². The summed E-state index contributed by atoms with van der Waals surface area (Å²) in [5.41, 5.74) is 4.90. The summed E-state index contributed by atoms with van der Waals surface area (Å²) in [4.78, 5) is 29.1. The predicted octanol–water partition coefficient (Wildman–Crippen LogP) is 2.68. The number of rotatable bonds is 1. The van der Waals surface area contributed by atoms with Crippen molar-refractivity contribution in [2.45, 2.75) is 40.2 Å². The van der Waals surface area contributed by atoms with Gasteiger partial charge in [-0.15, -0.1) is 0 Å². The number of aryl methyl sites for hydroxylation is 2. The largest absolute Gasteiger partial charge is 0.481 e. The maximum Gasteiger partial charge on any atom is 0.300 e. The van der Waals surface area contributed by atoms with E-state index in [1.165, 1.54) is 5.56 Å². The van der Waals surface area contributed by atoms with Crippen LogP contribution in [0.3, 0.4) is 0 Å². The summed E-state index contributed by atoms with van der Waals surface area (Å²) in [5, 5.41) is 11.8. The lowest BCUT2D eigenvalue weighted by Crippen LogP contribution is -2.39. The molecule has 2 N–H and O–H groups in total. The molecule has 0 saturated carbocycles. The molecular weight excluding hydrogens is 342 g/mol. The molecule has 3 heterocycles. The van der Waals surface area contributed by atoms with Gasteiger partial charge in [-0.3, -0.25) is 14.6 Å². The van der Waals surface area contributed by atoms with E-state index in [1.807, 2.05) is 19.9 Å². The zero-order valence-corrected chi connectivity index (χ0v) is 16.4. The average Bonchev–Trinajstić information content (AvgIpc) is 3.19. The smallest absolute Gasteiger partial charge is 0.300 e. The van der Waals surface area contributed by atoms with Crippen LogP contribution in [-0.4, -0.2) is 52.5 Å². The van der Waals surface area contributed by atoms with Crippen LogP contribution in [0.5, 0.6) is 0 Å². The van der Waals surface area contributed by atoms with Gasteiger partial charge < -0.3 is 15.3 Å². The van der Waals surface area contributed by atoms with Gasteiger partial charge in [0, 0.05) is 43.7 Å². The zero-order chi connectivity index (χ0) is 19.7. The highest BCUT2D eigenvalue weighted by Crippen LogP contribution is 2.32. The molecule has 2 aliphatic rings. The lowest BCUT2D eigenvalue weighted by atomic mass is 9.98. The number of fused-ring (bicyclic) bond motifs is 2. The molecule has 2 aliphatic heterocycles. The van der Waals surface area contributed by atoms with Crippen LogP contribution < -0.4 is 5.32 Å². The maximum absolute atomic E-state index is 13.4. The number of pyridine rings is 1. The van der Waals surface area contributed by atoms with E-state index in [4.69, 9.17) is 9.90 Å². The second kappa shape index (κ2) is 7.64. The van der Waals surface area contributed by atoms with Crippen molar-refractivity contribution in [3.05, 3.63) is 40.6 Å². The lowest BCUT2D eigenvalue weighted by Gasteiger charge is -2.25. The normalized spacial score (nSPS) is 21.0. The van der Waals surface area contributed by atoms with Crippen molar-refractivity contribution in [2.75, 3.05) is 19.6 Å². The van der Waals surface area contributed by atoms with E-state index in [0.717, 1.165) is 60.7 Å². The molecule has 2 atom stereocenters. The Balaban J connectivity index is 0.000000481. The molecule has 6 heteroatoms. The molecule has 0 bridgehead atoms. The van der Waals surface area contributed by atoms with Gasteiger partial charge in [0.2, 0.25) is 0 Å². The molecule has 2 aromatic rings. The summed E-state index contributed by atoms with van der Waals surface area (Å²) < 4.78 is 0. The Morgan fingerprint density at radius 2 is 1.93 bits per heavy atom. The second-order valence-electron chi connectivity index (χ2n) is 7.51. The number of hydrogen-bond acceptors (Lipinski definition) is 4. The van der Waals surface area contributed by atoms with E-state index in [2.05, 4.69) is 34.3 Å². The number of aliphatic carboxylic acids is 1. The monoisotopic (exact) mass is 369 g/mol. The fraction of sp³-hybridized carbons (Fsp3) is 0.476. The highest BCUT2D eigenvalue weighted by atomic mass is 16.4. The molecule has 1 amide bonds. The van der Waals surface area contributed by atoms with Crippen molar-refractivity contribution in [1.29, 1.82) is 0 Å².